The monoisotopic (exact) mass is 356 g/mol. The van der Waals surface area contributed by atoms with Gasteiger partial charge in [-0.05, 0) is 43.4 Å². The minimum Gasteiger partial charge on any atom is -0.365 e. The molecule has 25 heavy (non-hydrogen) atoms. The molecule has 0 aliphatic carbocycles. The van der Waals surface area contributed by atoms with Gasteiger partial charge in [0.15, 0.2) is 5.82 Å². The van der Waals surface area contributed by atoms with E-state index in [1.165, 1.54) is 0 Å². The predicted molar refractivity (Wildman–Crippen MR) is 100 cm³/mol. The smallest absolute Gasteiger partial charge is 0.254 e. The molecule has 1 unspecified atom stereocenters. The Hall–Kier alpha value is -2.42. The lowest BCUT2D eigenvalue weighted by atomic mass is 9.86. The number of nitrogens with one attached hydrogen (secondary N) is 2. The third-order valence-corrected chi connectivity index (χ3v) is 4.97. The van der Waals surface area contributed by atoms with Crippen LogP contribution in [0.25, 0.3) is 0 Å². The Morgan fingerprint density at radius 3 is 2.68 bits per heavy atom. The Morgan fingerprint density at radius 2 is 2.08 bits per heavy atom. The zero-order valence-electron chi connectivity index (χ0n) is 13.8. The van der Waals surface area contributed by atoms with E-state index in [2.05, 4.69) is 31.0 Å². The molecule has 2 heterocycles. The van der Waals surface area contributed by atoms with Gasteiger partial charge in [-0.2, -0.15) is 10.4 Å². The van der Waals surface area contributed by atoms with E-state index in [0.29, 0.717) is 17.8 Å². The van der Waals surface area contributed by atoms with E-state index in [1.54, 1.807) is 10.9 Å². The zero-order valence-corrected chi connectivity index (χ0v) is 15.0. The largest absolute Gasteiger partial charge is 0.365 e. The lowest BCUT2D eigenvalue weighted by Gasteiger charge is -2.36. The molecule has 4 N–H and O–H groups in total. The highest BCUT2D eigenvalue weighted by Gasteiger charge is 2.36. The van der Waals surface area contributed by atoms with Crippen LogP contribution in [0.1, 0.15) is 29.6 Å². The molecule has 1 aliphatic heterocycles. The average Bonchev–Trinajstić information content (AvgIpc) is 3.03. The Labute approximate surface area is 148 Å². The molecule has 7 nitrogen and oxygen atoms in total. The summed E-state index contributed by atoms with van der Waals surface area (Å²) in [7, 11) is 2.62. The van der Waals surface area contributed by atoms with Crippen LogP contribution < -0.4 is 21.7 Å². The maximum absolute atomic E-state index is 11.9. The van der Waals surface area contributed by atoms with Gasteiger partial charge in [-0.25, -0.2) is 0 Å². The Kier molecular flexibility index (Phi) is 5.03. The van der Waals surface area contributed by atoms with Crippen LogP contribution in [-0.2, 0) is 5.54 Å². The normalized spacial score (nSPS) is 16.2. The number of anilines is 2. The summed E-state index contributed by atoms with van der Waals surface area (Å²) in [6.45, 7) is 1.62. The first kappa shape index (κ1) is 17.4. The number of nitrogens with two attached hydrogens (primary N) is 1. The van der Waals surface area contributed by atoms with Crippen molar-refractivity contribution in [1.29, 1.82) is 5.26 Å². The van der Waals surface area contributed by atoms with Crippen LogP contribution in [0.15, 0.2) is 30.5 Å². The number of nitriles is 1. The average molecular weight is 356 g/mol. The van der Waals surface area contributed by atoms with Crippen molar-refractivity contribution >= 4 is 32.0 Å². The van der Waals surface area contributed by atoms with Gasteiger partial charge in [0.05, 0.1) is 18.0 Å². The van der Waals surface area contributed by atoms with Crippen molar-refractivity contribution in [3.63, 3.8) is 0 Å². The molecule has 1 atom stereocenters. The number of nitrogens with zero attached hydrogens (tertiary/aromatic N) is 3. The summed E-state index contributed by atoms with van der Waals surface area (Å²) < 4.78 is 1.75. The van der Waals surface area contributed by atoms with Crippen LogP contribution in [0.4, 0.5) is 11.5 Å². The summed E-state index contributed by atoms with van der Waals surface area (Å²) in [6.07, 6.45) is 3.57. The van der Waals surface area contributed by atoms with Crippen molar-refractivity contribution in [2.45, 2.75) is 24.8 Å². The van der Waals surface area contributed by atoms with E-state index in [9.17, 15) is 10.1 Å². The van der Waals surface area contributed by atoms with E-state index in [-0.39, 0.29) is 0 Å². The summed E-state index contributed by atoms with van der Waals surface area (Å²) in [5, 5.41) is 21.4. The van der Waals surface area contributed by atoms with Gasteiger partial charge in [0, 0.05) is 11.9 Å². The quantitative estimate of drug-likeness (QED) is 0.698. The van der Waals surface area contributed by atoms with Gasteiger partial charge in [0.2, 0.25) is 0 Å². The maximum Gasteiger partial charge on any atom is 0.254 e. The number of carbonyl (C=O) groups excluding carboxylic acids is 1. The van der Waals surface area contributed by atoms with Gasteiger partial charge in [-0.3, -0.25) is 9.48 Å². The first-order valence-corrected chi connectivity index (χ1v) is 8.72. The predicted octanol–water partition coefficient (Wildman–Crippen LogP) is 1.22. The van der Waals surface area contributed by atoms with Gasteiger partial charge in [0.1, 0.15) is 5.56 Å². The number of benzene rings is 1. The highest BCUT2D eigenvalue weighted by Crippen LogP contribution is 2.32. The summed E-state index contributed by atoms with van der Waals surface area (Å²) >= 11 is 0. The first-order chi connectivity index (χ1) is 12.0. The van der Waals surface area contributed by atoms with Crippen molar-refractivity contribution < 1.29 is 4.79 Å². The molecule has 1 aromatic heterocycles. The number of aromatic nitrogens is 2. The lowest BCUT2D eigenvalue weighted by Crippen LogP contribution is -2.44. The van der Waals surface area contributed by atoms with E-state index in [1.807, 2.05) is 24.3 Å². The van der Waals surface area contributed by atoms with Crippen molar-refractivity contribution in [3.05, 3.63) is 36.0 Å². The zero-order chi connectivity index (χ0) is 17.9. The standard InChI is InChI=1S/C17H21N6OP/c18-8-5-17(6-9-20-10-7-17)23-11-14(15(19)24)16(22-23)21-12-1-3-13(25)4-2-12/h1-4,11,20H,5-7,9-10,25H2,(H2,19,24)(H,21,22). The summed E-state index contributed by atoms with van der Waals surface area (Å²) in [5.74, 6) is -0.127. The number of carbonyl (C=O) groups is 1. The molecule has 1 saturated heterocycles. The Balaban J connectivity index is 1.97. The van der Waals surface area contributed by atoms with Crippen molar-refractivity contribution in [3.8, 4) is 6.07 Å². The molecule has 1 aromatic carbocycles. The van der Waals surface area contributed by atoms with Crippen molar-refractivity contribution in [2.75, 3.05) is 18.4 Å². The van der Waals surface area contributed by atoms with Gasteiger partial charge in [-0.1, -0.05) is 12.1 Å². The van der Waals surface area contributed by atoms with Crippen LogP contribution in [0.5, 0.6) is 0 Å². The maximum atomic E-state index is 11.9. The number of primary amides is 1. The highest BCUT2D eigenvalue weighted by atomic mass is 31.0. The third-order valence-electron chi connectivity index (χ3n) is 4.58. The Morgan fingerprint density at radius 1 is 1.40 bits per heavy atom. The van der Waals surface area contributed by atoms with E-state index < -0.39 is 11.4 Å². The minimum absolute atomic E-state index is 0.325. The Bertz CT molecular complexity index is 802. The lowest BCUT2D eigenvalue weighted by molar-refractivity contribution is 0.100. The molecular weight excluding hydrogens is 335 g/mol. The van der Waals surface area contributed by atoms with Gasteiger partial charge in [0.25, 0.3) is 5.91 Å². The van der Waals surface area contributed by atoms with E-state index in [0.717, 1.165) is 36.9 Å². The molecule has 0 radical (unpaired) electrons. The molecule has 1 aliphatic rings. The minimum atomic E-state index is -0.544. The van der Waals surface area contributed by atoms with Crippen molar-refractivity contribution in [2.24, 2.45) is 5.73 Å². The molecule has 130 valence electrons. The topological polar surface area (TPSA) is 109 Å². The fraction of sp³-hybridized carbons (Fsp3) is 0.353. The SMILES string of the molecule is N#CCC1(n2cc(C(N)=O)c(Nc3ccc(P)cc3)n2)CCNCC1. The molecule has 0 spiro atoms. The highest BCUT2D eigenvalue weighted by molar-refractivity contribution is 7.27. The van der Waals surface area contributed by atoms with Crippen LogP contribution in [0.2, 0.25) is 0 Å². The van der Waals surface area contributed by atoms with Crippen LogP contribution in [-0.4, -0.2) is 28.8 Å². The second-order valence-corrected chi connectivity index (χ2v) is 6.92. The summed E-state index contributed by atoms with van der Waals surface area (Å²) in [6, 6.07) is 9.96. The van der Waals surface area contributed by atoms with Crippen LogP contribution in [0, 0.1) is 11.3 Å². The molecule has 0 bridgehead atoms. The third kappa shape index (κ3) is 3.65. The molecule has 1 fully saturated rings. The number of piperidine rings is 1. The molecule has 1 amide bonds. The molecule has 8 heteroatoms. The number of hydrogen-bond acceptors (Lipinski definition) is 5. The fourth-order valence-corrected chi connectivity index (χ4v) is 3.31. The number of amides is 1. The number of hydrogen-bond donors (Lipinski definition) is 3. The molecular formula is C17H21N6OP. The van der Waals surface area contributed by atoms with Crippen LogP contribution in [0.3, 0.4) is 0 Å². The van der Waals surface area contributed by atoms with Crippen molar-refractivity contribution in [1.82, 2.24) is 15.1 Å². The van der Waals surface area contributed by atoms with Crippen LogP contribution >= 0.6 is 9.24 Å². The summed E-state index contributed by atoms with van der Waals surface area (Å²) in [4.78, 5) is 11.9. The van der Waals surface area contributed by atoms with E-state index >= 15 is 0 Å². The first-order valence-electron chi connectivity index (χ1n) is 8.14. The second kappa shape index (κ2) is 7.22. The van der Waals surface area contributed by atoms with Gasteiger partial charge in [-0.15, -0.1) is 9.24 Å². The molecule has 2 aromatic rings. The van der Waals surface area contributed by atoms with Gasteiger partial charge < -0.3 is 16.4 Å². The van der Waals surface area contributed by atoms with E-state index in [4.69, 9.17) is 5.73 Å². The summed E-state index contributed by atoms with van der Waals surface area (Å²) in [5.41, 5.74) is 6.27. The molecule has 0 saturated carbocycles. The molecule has 3 rings (SSSR count). The van der Waals surface area contributed by atoms with Gasteiger partial charge >= 0.3 is 0 Å². The fourth-order valence-electron chi connectivity index (χ4n) is 3.12. The second-order valence-electron chi connectivity index (χ2n) is 6.26. The number of rotatable bonds is 5.